The molecule has 0 bridgehead atoms. The molecule has 1 aromatic heterocycles. The van der Waals surface area contributed by atoms with E-state index in [0.29, 0.717) is 5.71 Å². The number of primary amides is 1. The normalized spacial score (nSPS) is 11.5. The summed E-state index contributed by atoms with van der Waals surface area (Å²) in [6.45, 7) is 5.46. The first-order valence-electron chi connectivity index (χ1n) is 4.18. The van der Waals surface area contributed by atoms with Crippen molar-refractivity contribution in [1.82, 2.24) is 5.43 Å². The van der Waals surface area contributed by atoms with E-state index in [9.17, 15) is 4.79 Å². The molecule has 14 heavy (non-hydrogen) atoms. The molecule has 1 aromatic rings. The second-order valence-corrected chi connectivity index (χ2v) is 3.00. The predicted octanol–water partition coefficient (Wildman–Crippen LogP) is 1.29. The number of amides is 2. The smallest absolute Gasteiger partial charge is 0.332 e. The fraction of sp³-hybridized carbons (Fsp3) is 0.333. The molecule has 5 nitrogen and oxygen atoms in total. The van der Waals surface area contributed by atoms with Crippen molar-refractivity contribution in [2.24, 2.45) is 10.8 Å². The topological polar surface area (TPSA) is 80.6 Å². The Balaban J connectivity index is 2.88. The van der Waals surface area contributed by atoms with Gasteiger partial charge in [0.2, 0.25) is 0 Å². The van der Waals surface area contributed by atoms with Gasteiger partial charge in [-0.2, -0.15) is 5.10 Å². The predicted molar refractivity (Wildman–Crippen MR) is 53.1 cm³/mol. The third-order valence-electron chi connectivity index (χ3n) is 1.76. The maximum Gasteiger partial charge on any atom is 0.332 e. The summed E-state index contributed by atoms with van der Waals surface area (Å²) >= 11 is 0. The van der Waals surface area contributed by atoms with Crippen molar-refractivity contribution in [2.75, 3.05) is 0 Å². The Labute approximate surface area is 82.0 Å². The lowest BCUT2D eigenvalue weighted by atomic mass is 10.2. The van der Waals surface area contributed by atoms with E-state index in [-0.39, 0.29) is 0 Å². The van der Waals surface area contributed by atoms with Gasteiger partial charge in [-0.3, -0.25) is 0 Å². The van der Waals surface area contributed by atoms with Gasteiger partial charge in [0.25, 0.3) is 0 Å². The fourth-order valence-corrected chi connectivity index (χ4v) is 1.19. The molecule has 0 saturated heterocycles. The Bertz CT molecular complexity index is 379. The van der Waals surface area contributed by atoms with Crippen molar-refractivity contribution in [1.29, 1.82) is 0 Å². The standard InChI is InChI=1S/C9H13N3O2/c1-5-4-8(7(3)14-5)6(2)11-12-9(10)13/h4H,1-3H3,(H3,10,12,13). The minimum atomic E-state index is -0.679. The molecule has 0 atom stereocenters. The molecule has 0 aliphatic heterocycles. The molecule has 0 aliphatic carbocycles. The molecule has 0 radical (unpaired) electrons. The summed E-state index contributed by atoms with van der Waals surface area (Å²) in [5.74, 6) is 1.58. The summed E-state index contributed by atoms with van der Waals surface area (Å²) < 4.78 is 5.32. The number of hydrogen-bond donors (Lipinski definition) is 2. The highest BCUT2D eigenvalue weighted by atomic mass is 16.3. The van der Waals surface area contributed by atoms with Crippen LogP contribution in [0.15, 0.2) is 15.6 Å². The minimum absolute atomic E-state index is 0.665. The number of nitrogens with one attached hydrogen (secondary N) is 1. The van der Waals surface area contributed by atoms with Crippen LogP contribution in [0.3, 0.4) is 0 Å². The Morgan fingerprint density at radius 2 is 2.21 bits per heavy atom. The molecule has 1 heterocycles. The zero-order chi connectivity index (χ0) is 10.7. The Morgan fingerprint density at radius 3 is 2.64 bits per heavy atom. The van der Waals surface area contributed by atoms with Crippen molar-refractivity contribution in [3.63, 3.8) is 0 Å². The molecular weight excluding hydrogens is 182 g/mol. The number of carbonyl (C=O) groups excluding carboxylic acids is 1. The summed E-state index contributed by atoms with van der Waals surface area (Å²) in [5, 5.41) is 3.80. The average molecular weight is 195 g/mol. The first kappa shape index (κ1) is 10.3. The summed E-state index contributed by atoms with van der Waals surface area (Å²) in [4.78, 5) is 10.4. The van der Waals surface area contributed by atoms with Crippen LogP contribution in [0.5, 0.6) is 0 Å². The lowest BCUT2D eigenvalue weighted by Crippen LogP contribution is -2.25. The van der Waals surface area contributed by atoms with Crippen LogP contribution in [-0.4, -0.2) is 11.7 Å². The summed E-state index contributed by atoms with van der Waals surface area (Å²) in [5.41, 5.74) is 8.58. The van der Waals surface area contributed by atoms with Crippen molar-refractivity contribution in [2.45, 2.75) is 20.8 Å². The average Bonchev–Trinajstić information content (AvgIpc) is 2.41. The van der Waals surface area contributed by atoms with Crippen molar-refractivity contribution >= 4 is 11.7 Å². The number of aryl methyl sites for hydroxylation is 2. The summed E-state index contributed by atoms with van der Waals surface area (Å²) in [6.07, 6.45) is 0. The zero-order valence-corrected chi connectivity index (χ0v) is 8.42. The molecule has 5 heteroatoms. The lowest BCUT2D eigenvalue weighted by Gasteiger charge is -1.97. The van der Waals surface area contributed by atoms with E-state index in [1.54, 1.807) is 6.92 Å². The zero-order valence-electron chi connectivity index (χ0n) is 8.42. The number of hydrogen-bond acceptors (Lipinski definition) is 3. The van der Waals surface area contributed by atoms with Crippen LogP contribution >= 0.6 is 0 Å². The van der Waals surface area contributed by atoms with E-state index >= 15 is 0 Å². The van der Waals surface area contributed by atoms with Crippen LogP contribution in [0, 0.1) is 13.8 Å². The van der Waals surface area contributed by atoms with Crippen LogP contribution in [0.4, 0.5) is 4.79 Å². The number of carbonyl (C=O) groups is 1. The highest BCUT2D eigenvalue weighted by Crippen LogP contribution is 2.14. The van der Waals surface area contributed by atoms with Gasteiger partial charge in [-0.05, 0) is 26.8 Å². The maximum atomic E-state index is 10.4. The van der Waals surface area contributed by atoms with Gasteiger partial charge in [0.15, 0.2) is 0 Å². The van der Waals surface area contributed by atoms with Crippen LogP contribution in [0.25, 0.3) is 0 Å². The molecule has 1 rings (SSSR count). The maximum absolute atomic E-state index is 10.4. The van der Waals surface area contributed by atoms with E-state index in [1.165, 1.54) is 0 Å². The monoisotopic (exact) mass is 195 g/mol. The summed E-state index contributed by atoms with van der Waals surface area (Å²) in [6, 6.07) is 1.18. The third kappa shape index (κ3) is 2.35. The fourth-order valence-electron chi connectivity index (χ4n) is 1.19. The highest BCUT2D eigenvalue weighted by Gasteiger charge is 2.07. The molecule has 0 spiro atoms. The Morgan fingerprint density at radius 1 is 1.57 bits per heavy atom. The molecule has 0 unspecified atom stereocenters. The number of rotatable bonds is 2. The Hall–Kier alpha value is -1.78. The lowest BCUT2D eigenvalue weighted by molar-refractivity contribution is 0.249. The highest BCUT2D eigenvalue weighted by molar-refractivity contribution is 6.00. The van der Waals surface area contributed by atoms with Gasteiger partial charge in [0, 0.05) is 5.56 Å². The molecule has 3 N–H and O–H groups in total. The number of urea groups is 1. The molecule has 0 saturated carbocycles. The molecule has 0 aromatic carbocycles. The van der Waals surface area contributed by atoms with Gasteiger partial charge in [-0.25, -0.2) is 10.2 Å². The van der Waals surface area contributed by atoms with Gasteiger partial charge in [-0.15, -0.1) is 0 Å². The second-order valence-electron chi connectivity index (χ2n) is 3.00. The van der Waals surface area contributed by atoms with Gasteiger partial charge in [0.05, 0.1) is 5.71 Å². The third-order valence-corrected chi connectivity index (χ3v) is 1.76. The van der Waals surface area contributed by atoms with E-state index in [2.05, 4.69) is 10.5 Å². The second kappa shape index (κ2) is 3.95. The largest absolute Gasteiger partial charge is 0.466 e. The van der Waals surface area contributed by atoms with Crippen LogP contribution in [-0.2, 0) is 0 Å². The van der Waals surface area contributed by atoms with Crippen LogP contribution < -0.4 is 11.2 Å². The number of nitrogens with two attached hydrogens (primary N) is 1. The number of furan rings is 1. The van der Waals surface area contributed by atoms with Crippen molar-refractivity contribution in [3.05, 3.63) is 23.2 Å². The van der Waals surface area contributed by atoms with Gasteiger partial charge < -0.3 is 10.2 Å². The van der Waals surface area contributed by atoms with Crippen molar-refractivity contribution < 1.29 is 9.21 Å². The first-order chi connectivity index (χ1) is 6.50. The van der Waals surface area contributed by atoms with Crippen molar-refractivity contribution in [3.8, 4) is 0 Å². The molecule has 0 fully saturated rings. The molecule has 76 valence electrons. The minimum Gasteiger partial charge on any atom is -0.466 e. The van der Waals surface area contributed by atoms with E-state index in [4.69, 9.17) is 10.2 Å². The van der Waals surface area contributed by atoms with Gasteiger partial charge in [-0.1, -0.05) is 0 Å². The molecule has 2 amide bonds. The van der Waals surface area contributed by atoms with Crippen LogP contribution in [0.2, 0.25) is 0 Å². The molecule has 0 aliphatic rings. The van der Waals surface area contributed by atoms with Crippen LogP contribution in [0.1, 0.15) is 24.0 Å². The quantitative estimate of drug-likeness (QED) is 0.550. The number of hydrazone groups is 1. The molecular formula is C9H13N3O2. The number of nitrogens with zero attached hydrogens (tertiary/aromatic N) is 1. The SMILES string of the molecule is CC(=NNC(N)=O)c1cc(C)oc1C. The first-order valence-corrected chi connectivity index (χ1v) is 4.18. The van der Waals surface area contributed by atoms with E-state index in [1.807, 2.05) is 19.9 Å². The van der Waals surface area contributed by atoms with E-state index < -0.39 is 6.03 Å². The Kier molecular flexibility index (Phi) is 2.91. The van der Waals surface area contributed by atoms with Gasteiger partial charge >= 0.3 is 6.03 Å². The van der Waals surface area contributed by atoms with E-state index in [0.717, 1.165) is 17.1 Å². The van der Waals surface area contributed by atoms with Gasteiger partial charge in [0.1, 0.15) is 11.5 Å². The summed E-state index contributed by atoms with van der Waals surface area (Å²) in [7, 11) is 0.